The number of anilines is 2. The number of hydrogen-bond donors (Lipinski definition) is 1. The summed E-state index contributed by atoms with van der Waals surface area (Å²) in [6.07, 6.45) is 3.99. The van der Waals surface area contributed by atoms with Gasteiger partial charge in [-0.2, -0.15) is 0 Å². The number of nitrogens with zero attached hydrogens (tertiary/aromatic N) is 2. The van der Waals surface area contributed by atoms with Crippen LogP contribution in [0.25, 0.3) is 0 Å². The zero-order valence-electron chi connectivity index (χ0n) is 11.1. The second-order valence-corrected chi connectivity index (χ2v) is 4.31. The van der Waals surface area contributed by atoms with E-state index in [9.17, 15) is 4.79 Å². The first-order chi connectivity index (χ1) is 9.15. The van der Waals surface area contributed by atoms with E-state index in [-0.39, 0.29) is 5.91 Å². The SMILES string of the molecule is CCc1ccccc1C(=O)N(C)c1ccncc1N. The van der Waals surface area contributed by atoms with Crippen LogP contribution in [0, 0.1) is 0 Å². The Kier molecular flexibility index (Phi) is 3.80. The summed E-state index contributed by atoms with van der Waals surface area (Å²) in [4.78, 5) is 18.0. The molecule has 0 radical (unpaired) electrons. The molecule has 4 nitrogen and oxygen atoms in total. The molecule has 2 aromatic rings. The average molecular weight is 255 g/mol. The number of carbonyl (C=O) groups excluding carboxylic acids is 1. The van der Waals surface area contributed by atoms with E-state index in [2.05, 4.69) is 4.98 Å². The quantitative estimate of drug-likeness (QED) is 0.916. The normalized spacial score (nSPS) is 10.2. The van der Waals surface area contributed by atoms with Crippen molar-refractivity contribution >= 4 is 17.3 Å². The minimum atomic E-state index is -0.0599. The van der Waals surface area contributed by atoms with Gasteiger partial charge in [0.25, 0.3) is 5.91 Å². The van der Waals surface area contributed by atoms with Crippen LogP contribution in [0.5, 0.6) is 0 Å². The maximum atomic E-state index is 12.5. The summed E-state index contributed by atoms with van der Waals surface area (Å²) in [5, 5.41) is 0. The first-order valence-corrected chi connectivity index (χ1v) is 6.20. The topological polar surface area (TPSA) is 59.2 Å². The van der Waals surface area contributed by atoms with Gasteiger partial charge in [-0.25, -0.2) is 0 Å². The molecule has 1 heterocycles. The van der Waals surface area contributed by atoms with Crippen LogP contribution >= 0.6 is 0 Å². The molecule has 19 heavy (non-hydrogen) atoms. The fourth-order valence-corrected chi connectivity index (χ4v) is 2.03. The van der Waals surface area contributed by atoms with Crippen LogP contribution in [0.4, 0.5) is 11.4 Å². The number of aromatic nitrogens is 1. The zero-order valence-corrected chi connectivity index (χ0v) is 11.1. The molecule has 0 aliphatic carbocycles. The van der Waals surface area contributed by atoms with Gasteiger partial charge in [0.05, 0.1) is 17.6 Å². The summed E-state index contributed by atoms with van der Waals surface area (Å²) in [5.74, 6) is -0.0599. The van der Waals surface area contributed by atoms with Crippen molar-refractivity contribution in [2.75, 3.05) is 17.7 Å². The van der Waals surface area contributed by atoms with E-state index in [1.165, 1.54) is 0 Å². The summed E-state index contributed by atoms with van der Waals surface area (Å²) in [7, 11) is 1.72. The van der Waals surface area contributed by atoms with Crippen molar-refractivity contribution in [3.05, 3.63) is 53.9 Å². The molecule has 0 saturated carbocycles. The molecule has 0 saturated heterocycles. The molecule has 4 heteroatoms. The van der Waals surface area contributed by atoms with Crippen LogP contribution in [0.15, 0.2) is 42.7 Å². The molecule has 1 aromatic carbocycles. The number of aryl methyl sites for hydroxylation is 1. The smallest absolute Gasteiger partial charge is 0.258 e. The van der Waals surface area contributed by atoms with Crippen molar-refractivity contribution in [2.24, 2.45) is 0 Å². The lowest BCUT2D eigenvalue weighted by molar-refractivity contribution is 0.0992. The molecule has 0 atom stereocenters. The highest BCUT2D eigenvalue weighted by atomic mass is 16.2. The molecule has 0 spiro atoms. The average Bonchev–Trinajstić information content (AvgIpc) is 2.46. The van der Waals surface area contributed by atoms with E-state index in [0.717, 1.165) is 12.0 Å². The Morgan fingerprint density at radius 3 is 2.74 bits per heavy atom. The lowest BCUT2D eigenvalue weighted by Crippen LogP contribution is -2.28. The Balaban J connectivity index is 2.37. The van der Waals surface area contributed by atoms with Crippen molar-refractivity contribution in [3.8, 4) is 0 Å². The number of nitrogens with two attached hydrogens (primary N) is 1. The van der Waals surface area contributed by atoms with Crippen LogP contribution < -0.4 is 10.6 Å². The van der Waals surface area contributed by atoms with Gasteiger partial charge in [-0.05, 0) is 24.1 Å². The van der Waals surface area contributed by atoms with Gasteiger partial charge in [-0.1, -0.05) is 25.1 Å². The van der Waals surface area contributed by atoms with Crippen molar-refractivity contribution in [1.29, 1.82) is 0 Å². The fraction of sp³-hybridized carbons (Fsp3) is 0.200. The number of benzene rings is 1. The fourth-order valence-electron chi connectivity index (χ4n) is 2.03. The van der Waals surface area contributed by atoms with Gasteiger partial charge in [-0.3, -0.25) is 9.78 Å². The van der Waals surface area contributed by atoms with Crippen LogP contribution in [-0.4, -0.2) is 17.9 Å². The highest BCUT2D eigenvalue weighted by Crippen LogP contribution is 2.22. The summed E-state index contributed by atoms with van der Waals surface area (Å²) >= 11 is 0. The molecular formula is C15H17N3O. The monoisotopic (exact) mass is 255 g/mol. The van der Waals surface area contributed by atoms with E-state index in [0.29, 0.717) is 16.9 Å². The minimum absolute atomic E-state index is 0.0599. The van der Waals surface area contributed by atoms with Gasteiger partial charge in [-0.15, -0.1) is 0 Å². The first-order valence-electron chi connectivity index (χ1n) is 6.20. The van der Waals surface area contributed by atoms with E-state index in [4.69, 9.17) is 5.73 Å². The zero-order chi connectivity index (χ0) is 13.8. The highest BCUT2D eigenvalue weighted by molar-refractivity contribution is 6.08. The van der Waals surface area contributed by atoms with Gasteiger partial charge < -0.3 is 10.6 Å². The predicted octanol–water partition coefficient (Wildman–Crippen LogP) is 2.50. The molecule has 1 aromatic heterocycles. The molecule has 0 aliphatic heterocycles. The maximum Gasteiger partial charge on any atom is 0.258 e. The molecular weight excluding hydrogens is 238 g/mol. The number of carbonyl (C=O) groups is 1. The van der Waals surface area contributed by atoms with Crippen LogP contribution in [0.2, 0.25) is 0 Å². The van der Waals surface area contributed by atoms with Crippen molar-refractivity contribution < 1.29 is 4.79 Å². The van der Waals surface area contributed by atoms with Gasteiger partial charge in [0.1, 0.15) is 0 Å². The third kappa shape index (κ3) is 2.57. The summed E-state index contributed by atoms with van der Waals surface area (Å²) in [5.41, 5.74) is 8.76. The number of pyridine rings is 1. The van der Waals surface area contributed by atoms with E-state index in [1.54, 1.807) is 30.4 Å². The number of hydrogen-bond acceptors (Lipinski definition) is 3. The molecule has 0 unspecified atom stereocenters. The first kappa shape index (κ1) is 13.1. The molecule has 0 fully saturated rings. The largest absolute Gasteiger partial charge is 0.396 e. The minimum Gasteiger partial charge on any atom is -0.396 e. The Morgan fingerprint density at radius 1 is 1.32 bits per heavy atom. The molecule has 1 amide bonds. The Hall–Kier alpha value is -2.36. The summed E-state index contributed by atoms with van der Waals surface area (Å²) in [6, 6.07) is 9.36. The maximum absolute atomic E-state index is 12.5. The van der Waals surface area contributed by atoms with Gasteiger partial charge in [0.15, 0.2) is 0 Å². The second kappa shape index (κ2) is 5.52. The van der Waals surface area contributed by atoms with Gasteiger partial charge >= 0.3 is 0 Å². The van der Waals surface area contributed by atoms with Gasteiger partial charge in [0, 0.05) is 18.8 Å². The Labute approximate surface area is 112 Å². The molecule has 0 aliphatic rings. The molecule has 0 bridgehead atoms. The standard InChI is InChI=1S/C15H17N3O/c1-3-11-6-4-5-7-12(11)15(19)18(2)14-8-9-17-10-13(14)16/h4-10H,3,16H2,1-2H3. The molecule has 98 valence electrons. The Bertz CT molecular complexity index is 595. The molecule has 2 rings (SSSR count). The van der Waals surface area contributed by atoms with E-state index < -0.39 is 0 Å². The summed E-state index contributed by atoms with van der Waals surface area (Å²) < 4.78 is 0. The van der Waals surface area contributed by atoms with E-state index in [1.807, 2.05) is 31.2 Å². The van der Waals surface area contributed by atoms with Crippen LogP contribution in [0.3, 0.4) is 0 Å². The van der Waals surface area contributed by atoms with Crippen molar-refractivity contribution in [3.63, 3.8) is 0 Å². The lowest BCUT2D eigenvalue weighted by Gasteiger charge is -2.20. The summed E-state index contributed by atoms with van der Waals surface area (Å²) in [6.45, 7) is 2.03. The lowest BCUT2D eigenvalue weighted by atomic mass is 10.0. The van der Waals surface area contributed by atoms with Gasteiger partial charge in [0.2, 0.25) is 0 Å². The van der Waals surface area contributed by atoms with Crippen molar-refractivity contribution in [1.82, 2.24) is 4.98 Å². The third-order valence-electron chi connectivity index (χ3n) is 3.12. The highest BCUT2D eigenvalue weighted by Gasteiger charge is 2.17. The third-order valence-corrected chi connectivity index (χ3v) is 3.12. The number of rotatable bonds is 3. The van der Waals surface area contributed by atoms with Crippen LogP contribution in [-0.2, 0) is 6.42 Å². The van der Waals surface area contributed by atoms with E-state index >= 15 is 0 Å². The molecule has 2 N–H and O–H groups in total. The second-order valence-electron chi connectivity index (χ2n) is 4.31. The van der Waals surface area contributed by atoms with Crippen LogP contribution in [0.1, 0.15) is 22.8 Å². The number of amides is 1. The number of nitrogen functional groups attached to an aromatic ring is 1. The Morgan fingerprint density at radius 2 is 2.05 bits per heavy atom. The predicted molar refractivity (Wildman–Crippen MR) is 77.2 cm³/mol. The van der Waals surface area contributed by atoms with Crippen molar-refractivity contribution in [2.45, 2.75) is 13.3 Å².